The molecule has 0 amide bonds. The summed E-state index contributed by atoms with van der Waals surface area (Å²) in [5.74, 6) is 3.75. The lowest BCUT2D eigenvalue weighted by molar-refractivity contribution is 0.0940. The van der Waals surface area contributed by atoms with Crippen molar-refractivity contribution < 1.29 is 9.53 Å². The topological polar surface area (TPSA) is 45.7 Å². The Morgan fingerprint density at radius 3 is 2.36 bits per heavy atom. The van der Waals surface area contributed by atoms with Gasteiger partial charge in [0.05, 0.1) is 6.61 Å². The summed E-state index contributed by atoms with van der Waals surface area (Å²) in [5.41, 5.74) is 3.60. The van der Waals surface area contributed by atoms with Crippen molar-refractivity contribution in [3.63, 3.8) is 0 Å². The highest BCUT2D eigenvalue weighted by molar-refractivity contribution is 5.96. The van der Waals surface area contributed by atoms with Crippen LogP contribution in [0.15, 0.2) is 36.5 Å². The summed E-state index contributed by atoms with van der Waals surface area (Å²) >= 11 is 0. The highest BCUT2D eigenvalue weighted by Gasteiger charge is 2.27. The van der Waals surface area contributed by atoms with E-state index in [4.69, 9.17) is 4.74 Å². The minimum absolute atomic E-state index is 0.127. The van der Waals surface area contributed by atoms with Crippen LogP contribution in [-0.2, 0) is 11.8 Å². The number of carbonyl (C=O) groups is 1. The third-order valence-electron chi connectivity index (χ3n) is 8.62. The Hall–Kier alpha value is -2.40. The van der Waals surface area contributed by atoms with Crippen molar-refractivity contribution in [3.8, 4) is 5.75 Å². The predicted octanol–water partition coefficient (Wildman–Crippen LogP) is 5.91. The number of hydrogen-bond acceptors (Lipinski definition) is 5. The number of benzene rings is 1. The van der Waals surface area contributed by atoms with Gasteiger partial charge in [0.25, 0.3) is 0 Å². The minimum atomic E-state index is 0.127. The number of nitrogens with zero attached hydrogens (tertiary/aromatic N) is 3. The SMILES string of the molecule is CC(C)(C)c1ccc(C(=O)CC2CCC(CCN3CCN(c4nccc5c4OCC5)CC3)CC2)cc1. The Bertz CT molecular complexity index is 1030. The molecule has 5 nitrogen and oxygen atoms in total. The van der Waals surface area contributed by atoms with Gasteiger partial charge >= 0.3 is 0 Å². The van der Waals surface area contributed by atoms with Gasteiger partial charge in [0, 0.05) is 56.3 Å². The maximum absolute atomic E-state index is 12.9. The van der Waals surface area contributed by atoms with E-state index in [9.17, 15) is 4.79 Å². The monoisotopic (exact) mass is 489 g/mol. The summed E-state index contributed by atoms with van der Waals surface area (Å²) in [4.78, 5) is 22.5. The normalized spacial score (nSPS) is 22.8. The molecule has 1 saturated heterocycles. The summed E-state index contributed by atoms with van der Waals surface area (Å²) in [5, 5.41) is 0. The molecule has 2 aliphatic heterocycles. The van der Waals surface area contributed by atoms with E-state index in [1.54, 1.807) is 0 Å². The Kier molecular flexibility index (Phi) is 7.66. The highest BCUT2D eigenvalue weighted by atomic mass is 16.5. The average molecular weight is 490 g/mol. The lowest BCUT2D eigenvalue weighted by Gasteiger charge is -2.37. The predicted molar refractivity (Wildman–Crippen MR) is 146 cm³/mol. The summed E-state index contributed by atoms with van der Waals surface area (Å²) in [7, 11) is 0. The second-order valence-electron chi connectivity index (χ2n) is 12.2. The Morgan fingerprint density at radius 2 is 1.67 bits per heavy atom. The fourth-order valence-corrected chi connectivity index (χ4v) is 6.13. The number of ketones is 1. The third kappa shape index (κ3) is 5.94. The van der Waals surface area contributed by atoms with Crippen molar-refractivity contribution >= 4 is 11.6 Å². The van der Waals surface area contributed by atoms with Crippen molar-refractivity contribution in [1.82, 2.24) is 9.88 Å². The van der Waals surface area contributed by atoms with Crippen LogP contribution in [-0.4, -0.2) is 55.0 Å². The Balaban J connectivity index is 1.01. The van der Waals surface area contributed by atoms with E-state index in [0.29, 0.717) is 18.1 Å². The van der Waals surface area contributed by atoms with Gasteiger partial charge in [-0.15, -0.1) is 0 Å². The number of anilines is 1. The van der Waals surface area contributed by atoms with Gasteiger partial charge in [-0.1, -0.05) is 57.9 Å². The molecule has 2 aromatic rings. The number of piperazine rings is 1. The van der Waals surface area contributed by atoms with Crippen LogP contribution in [0.2, 0.25) is 0 Å². The number of aromatic nitrogens is 1. The first kappa shape index (κ1) is 25.3. The van der Waals surface area contributed by atoms with Crippen LogP contribution < -0.4 is 9.64 Å². The molecule has 3 heterocycles. The molecule has 1 aromatic heterocycles. The van der Waals surface area contributed by atoms with Crippen molar-refractivity contribution in [3.05, 3.63) is 53.2 Å². The number of pyridine rings is 1. The average Bonchev–Trinajstić information content (AvgIpc) is 3.37. The van der Waals surface area contributed by atoms with Gasteiger partial charge in [0.1, 0.15) is 0 Å². The number of hydrogen-bond donors (Lipinski definition) is 0. The minimum Gasteiger partial charge on any atom is -0.489 e. The van der Waals surface area contributed by atoms with Crippen LogP contribution in [0.3, 0.4) is 0 Å². The first-order valence-electron chi connectivity index (χ1n) is 14.1. The number of Topliss-reactive ketones (excluding diaryl/α,β-unsaturated/α-hetero) is 1. The van der Waals surface area contributed by atoms with E-state index in [0.717, 1.165) is 62.3 Å². The van der Waals surface area contributed by atoms with Gasteiger partial charge < -0.3 is 9.64 Å². The molecule has 0 N–H and O–H groups in total. The van der Waals surface area contributed by atoms with Crippen LogP contribution in [0.4, 0.5) is 5.82 Å². The zero-order chi connectivity index (χ0) is 25.1. The van der Waals surface area contributed by atoms with E-state index in [1.807, 2.05) is 18.3 Å². The second kappa shape index (κ2) is 10.9. The fraction of sp³-hybridized carbons (Fsp3) is 0.613. The van der Waals surface area contributed by atoms with Gasteiger partial charge in [-0.3, -0.25) is 9.69 Å². The molecule has 2 fully saturated rings. The van der Waals surface area contributed by atoms with Crippen LogP contribution in [0.1, 0.15) is 80.8 Å². The number of fused-ring (bicyclic) bond motifs is 1. The molecular formula is C31H43N3O2. The molecule has 194 valence electrons. The van der Waals surface area contributed by atoms with E-state index in [-0.39, 0.29) is 5.41 Å². The largest absolute Gasteiger partial charge is 0.489 e. The molecule has 0 atom stereocenters. The molecule has 0 radical (unpaired) electrons. The number of rotatable bonds is 7. The molecule has 1 saturated carbocycles. The molecule has 5 rings (SSSR count). The maximum Gasteiger partial charge on any atom is 0.171 e. The molecule has 1 aliphatic carbocycles. The van der Waals surface area contributed by atoms with Crippen molar-refractivity contribution in [2.75, 3.05) is 44.2 Å². The molecular weight excluding hydrogens is 446 g/mol. The van der Waals surface area contributed by atoms with E-state index >= 15 is 0 Å². The molecule has 0 bridgehead atoms. The van der Waals surface area contributed by atoms with Gasteiger partial charge in [-0.25, -0.2) is 4.98 Å². The van der Waals surface area contributed by atoms with Gasteiger partial charge in [0.15, 0.2) is 17.4 Å². The summed E-state index contributed by atoms with van der Waals surface area (Å²) in [6.07, 6.45) is 9.90. The quantitative estimate of drug-likeness (QED) is 0.453. The first-order valence-corrected chi connectivity index (χ1v) is 14.1. The fourth-order valence-electron chi connectivity index (χ4n) is 6.13. The maximum atomic E-state index is 12.9. The van der Waals surface area contributed by atoms with Crippen molar-refractivity contribution in [2.24, 2.45) is 11.8 Å². The molecule has 36 heavy (non-hydrogen) atoms. The summed E-state index contributed by atoms with van der Waals surface area (Å²) in [6, 6.07) is 10.4. The molecule has 5 heteroatoms. The van der Waals surface area contributed by atoms with Crippen molar-refractivity contribution in [2.45, 2.75) is 71.1 Å². The van der Waals surface area contributed by atoms with E-state index < -0.39 is 0 Å². The lowest BCUT2D eigenvalue weighted by atomic mass is 9.78. The summed E-state index contributed by atoms with van der Waals surface area (Å²) < 4.78 is 5.87. The van der Waals surface area contributed by atoms with Crippen LogP contribution >= 0.6 is 0 Å². The zero-order valence-corrected chi connectivity index (χ0v) is 22.5. The Morgan fingerprint density at radius 1 is 0.972 bits per heavy atom. The van der Waals surface area contributed by atoms with Gasteiger partial charge in [0.2, 0.25) is 0 Å². The highest BCUT2D eigenvalue weighted by Crippen LogP contribution is 2.36. The Labute approximate surface area is 217 Å². The molecule has 3 aliphatic rings. The first-order chi connectivity index (χ1) is 17.4. The lowest BCUT2D eigenvalue weighted by Crippen LogP contribution is -2.47. The van der Waals surface area contributed by atoms with Crippen LogP contribution in [0, 0.1) is 11.8 Å². The molecule has 0 unspecified atom stereocenters. The van der Waals surface area contributed by atoms with E-state index in [2.05, 4.69) is 53.8 Å². The van der Waals surface area contributed by atoms with E-state index in [1.165, 1.54) is 49.8 Å². The zero-order valence-electron chi connectivity index (χ0n) is 22.5. The molecule has 0 spiro atoms. The summed E-state index contributed by atoms with van der Waals surface area (Å²) in [6.45, 7) is 12.9. The third-order valence-corrected chi connectivity index (χ3v) is 8.62. The number of ether oxygens (including phenoxy) is 1. The smallest absolute Gasteiger partial charge is 0.171 e. The van der Waals surface area contributed by atoms with Gasteiger partial charge in [-0.2, -0.15) is 0 Å². The standard InChI is InChI=1S/C31H43N3O2/c1-31(2,3)27-10-8-25(9-11-27)28(35)22-24-6-4-23(5-7-24)13-16-33-17-19-34(20-18-33)30-29-26(12-15-32-30)14-21-36-29/h8-12,15,23-24H,4-7,13-14,16-22H2,1-3H3. The van der Waals surface area contributed by atoms with Crippen LogP contribution in [0.5, 0.6) is 5.75 Å². The molecule has 1 aromatic carbocycles. The van der Waals surface area contributed by atoms with Crippen LogP contribution in [0.25, 0.3) is 0 Å². The number of carbonyl (C=O) groups excluding carboxylic acids is 1. The second-order valence-corrected chi connectivity index (χ2v) is 12.2. The van der Waals surface area contributed by atoms with Gasteiger partial charge in [-0.05, 0) is 54.7 Å². The van der Waals surface area contributed by atoms with Crippen molar-refractivity contribution in [1.29, 1.82) is 0 Å².